The molecule has 0 unspecified atom stereocenters. The predicted octanol–water partition coefficient (Wildman–Crippen LogP) is 3.31. The number of aromatic amines is 1. The van der Waals surface area contributed by atoms with Crippen LogP contribution in [0.5, 0.6) is 11.5 Å². The number of nitrogens with zero attached hydrogens (tertiary/aromatic N) is 1. The fraction of sp³-hybridized carbons (Fsp3) is 0.188. The fourth-order valence-electron chi connectivity index (χ4n) is 2.39. The van der Waals surface area contributed by atoms with Crippen LogP contribution in [0, 0.1) is 6.92 Å². The summed E-state index contributed by atoms with van der Waals surface area (Å²) in [5.41, 5.74) is 4.17. The molecule has 1 aromatic heterocycles. The number of benzene rings is 2. The molecular weight excluding hydrogens is 252 g/mol. The van der Waals surface area contributed by atoms with Crippen molar-refractivity contribution in [1.29, 1.82) is 0 Å². The van der Waals surface area contributed by atoms with Gasteiger partial charge in [0, 0.05) is 17.7 Å². The van der Waals surface area contributed by atoms with Crippen molar-refractivity contribution in [1.82, 2.24) is 9.97 Å². The highest BCUT2D eigenvalue weighted by Gasteiger charge is 2.15. The third-order valence-electron chi connectivity index (χ3n) is 3.47. The Kier molecular flexibility index (Phi) is 2.42. The van der Waals surface area contributed by atoms with Gasteiger partial charge in [-0.15, -0.1) is 0 Å². The van der Waals surface area contributed by atoms with Crippen molar-refractivity contribution in [2.24, 2.45) is 0 Å². The molecule has 0 atom stereocenters. The Balaban J connectivity index is 1.84. The zero-order chi connectivity index (χ0) is 13.5. The highest BCUT2D eigenvalue weighted by molar-refractivity contribution is 5.83. The van der Waals surface area contributed by atoms with Gasteiger partial charge in [0.2, 0.25) is 0 Å². The van der Waals surface area contributed by atoms with E-state index in [2.05, 4.69) is 41.2 Å². The smallest absolute Gasteiger partial charge is 0.163 e. The minimum absolute atomic E-state index is 0.591. The van der Waals surface area contributed by atoms with Crippen molar-refractivity contribution >= 4 is 11.0 Å². The average molecular weight is 266 g/mol. The molecule has 3 aromatic rings. The molecule has 1 N–H and O–H groups in total. The van der Waals surface area contributed by atoms with Crippen molar-refractivity contribution in [3.8, 4) is 22.9 Å². The van der Waals surface area contributed by atoms with Crippen LogP contribution >= 0.6 is 0 Å². The zero-order valence-corrected chi connectivity index (χ0v) is 11.1. The molecule has 0 saturated heterocycles. The van der Waals surface area contributed by atoms with Crippen LogP contribution in [0.25, 0.3) is 22.4 Å². The molecule has 2 aromatic carbocycles. The lowest BCUT2D eigenvalue weighted by molar-refractivity contribution is 0.172. The zero-order valence-electron chi connectivity index (χ0n) is 11.1. The van der Waals surface area contributed by atoms with Gasteiger partial charge in [0.1, 0.15) is 19.0 Å². The Morgan fingerprint density at radius 2 is 1.70 bits per heavy atom. The number of imidazole rings is 1. The molecule has 4 nitrogen and oxygen atoms in total. The summed E-state index contributed by atoms with van der Waals surface area (Å²) in [6.07, 6.45) is 0. The summed E-state index contributed by atoms with van der Waals surface area (Å²) in [6.45, 7) is 3.26. The van der Waals surface area contributed by atoms with Crippen molar-refractivity contribution in [3.05, 3.63) is 42.0 Å². The number of H-pyrrole nitrogens is 1. The molecule has 1 aliphatic rings. The van der Waals surface area contributed by atoms with Crippen LogP contribution < -0.4 is 9.47 Å². The summed E-state index contributed by atoms with van der Waals surface area (Å²) >= 11 is 0. The van der Waals surface area contributed by atoms with Crippen LogP contribution in [0.3, 0.4) is 0 Å². The Morgan fingerprint density at radius 1 is 1.00 bits per heavy atom. The minimum Gasteiger partial charge on any atom is -0.486 e. The van der Waals surface area contributed by atoms with Gasteiger partial charge in [-0.1, -0.05) is 29.8 Å². The lowest BCUT2D eigenvalue weighted by Gasteiger charge is -2.17. The molecule has 0 radical (unpaired) electrons. The van der Waals surface area contributed by atoms with Crippen molar-refractivity contribution in [2.75, 3.05) is 13.2 Å². The van der Waals surface area contributed by atoms with Gasteiger partial charge in [-0.3, -0.25) is 0 Å². The number of fused-ring (bicyclic) bond motifs is 2. The number of nitrogens with one attached hydrogen (secondary N) is 1. The second kappa shape index (κ2) is 4.27. The van der Waals surface area contributed by atoms with Crippen LogP contribution in [0.4, 0.5) is 0 Å². The number of hydrogen-bond acceptors (Lipinski definition) is 3. The van der Waals surface area contributed by atoms with E-state index < -0.39 is 0 Å². The molecule has 20 heavy (non-hydrogen) atoms. The second-order valence-corrected chi connectivity index (χ2v) is 4.96. The first-order valence-electron chi connectivity index (χ1n) is 6.66. The summed E-state index contributed by atoms with van der Waals surface area (Å²) in [4.78, 5) is 7.96. The van der Waals surface area contributed by atoms with E-state index in [0.29, 0.717) is 13.2 Å². The first-order chi connectivity index (χ1) is 9.79. The number of aryl methyl sites for hydroxylation is 1. The highest BCUT2D eigenvalue weighted by Crippen LogP contribution is 2.34. The van der Waals surface area contributed by atoms with E-state index in [1.54, 1.807) is 0 Å². The molecule has 0 bridgehead atoms. The van der Waals surface area contributed by atoms with Crippen LogP contribution in [0.15, 0.2) is 36.4 Å². The summed E-state index contributed by atoms with van der Waals surface area (Å²) in [5, 5.41) is 0. The molecule has 100 valence electrons. The van der Waals surface area contributed by atoms with Gasteiger partial charge in [0.25, 0.3) is 0 Å². The third kappa shape index (κ3) is 1.81. The first-order valence-corrected chi connectivity index (χ1v) is 6.66. The van der Waals surface area contributed by atoms with E-state index in [1.807, 2.05) is 12.1 Å². The van der Waals surface area contributed by atoms with Gasteiger partial charge in [-0.2, -0.15) is 0 Å². The fourth-order valence-corrected chi connectivity index (χ4v) is 2.39. The van der Waals surface area contributed by atoms with Crippen molar-refractivity contribution in [3.63, 3.8) is 0 Å². The van der Waals surface area contributed by atoms with E-state index in [4.69, 9.17) is 9.47 Å². The van der Waals surface area contributed by atoms with Crippen LogP contribution in [-0.2, 0) is 0 Å². The topological polar surface area (TPSA) is 47.1 Å². The molecule has 4 rings (SSSR count). The SMILES string of the molecule is Cc1ccc(-c2nc3cc4c(cc3[nH]2)OCCO4)cc1. The molecule has 0 fully saturated rings. The Bertz CT molecular complexity index is 732. The molecule has 2 heterocycles. The Labute approximate surface area is 116 Å². The minimum atomic E-state index is 0.591. The molecule has 4 heteroatoms. The molecule has 0 aliphatic carbocycles. The van der Waals surface area contributed by atoms with E-state index >= 15 is 0 Å². The maximum Gasteiger partial charge on any atom is 0.163 e. The van der Waals surface area contributed by atoms with E-state index in [0.717, 1.165) is 33.9 Å². The summed E-state index contributed by atoms with van der Waals surface area (Å²) in [5.74, 6) is 2.41. The van der Waals surface area contributed by atoms with E-state index in [9.17, 15) is 0 Å². The standard InChI is InChI=1S/C16H14N2O2/c1-10-2-4-11(5-3-10)16-17-12-8-14-15(9-13(12)18-16)20-7-6-19-14/h2-5,8-9H,6-7H2,1H3,(H,17,18). The van der Waals surface area contributed by atoms with Crippen LogP contribution in [0.1, 0.15) is 5.56 Å². The lowest BCUT2D eigenvalue weighted by atomic mass is 10.1. The predicted molar refractivity (Wildman–Crippen MR) is 77.3 cm³/mol. The molecule has 0 saturated carbocycles. The normalized spacial score (nSPS) is 13.7. The van der Waals surface area contributed by atoms with Gasteiger partial charge in [0.05, 0.1) is 11.0 Å². The number of rotatable bonds is 1. The summed E-state index contributed by atoms with van der Waals surface area (Å²) in [7, 11) is 0. The maximum atomic E-state index is 5.59. The molecular formula is C16H14N2O2. The Hall–Kier alpha value is -2.49. The van der Waals surface area contributed by atoms with E-state index in [-0.39, 0.29) is 0 Å². The van der Waals surface area contributed by atoms with Gasteiger partial charge in [0.15, 0.2) is 11.5 Å². The van der Waals surface area contributed by atoms with Crippen LogP contribution in [-0.4, -0.2) is 23.2 Å². The quantitative estimate of drug-likeness (QED) is 0.735. The summed E-state index contributed by atoms with van der Waals surface area (Å²) in [6, 6.07) is 12.2. The van der Waals surface area contributed by atoms with Crippen LogP contribution in [0.2, 0.25) is 0 Å². The third-order valence-corrected chi connectivity index (χ3v) is 3.47. The van der Waals surface area contributed by atoms with Crippen molar-refractivity contribution < 1.29 is 9.47 Å². The number of hydrogen-bond donors (Lipinski definition) is 1. The first kappa shape index (κ1) is 11.3. The lowest BCUT2D eigenvalue weighted by Crippen LogP contribution is -2.15. The van der Waals surface area contributed by atoms with Gasteiger partial charge < -0.3 is 14.5 Å². The molecule has 0 amide bonds. The summed E-state index contributed by atoms with van der Waals surface area (Å²) < 4.78 is 11.2. The monoisotopic (exact) mass is 266 g/mol. The van der Waals surface area contributed by atoms with E-state index in [1.165, 1.54) is 5.56 Å². The van der Waals surface area contributed by atoms with Gasteiger partial charge >= 0.3 is 0 Å². The largest absolute Gasteiger partial charge is 0.486 e. The number of aromatic nitrogens is 2. The number of ether oxygens (including phenoxy) is 2. The molecule has 0 spiro atoms. The van der Waals surface area contributed by atoms with Gasteiger partial charge in [-0.25, -0.2) is 4.98 Å². The maximum absolute atomic E-state index is 5.59. The Morgan fingerprint density at radius 3 is 2.45 bits per heavy atom. The van der Waals surface area contributed by atoms with Gasteiger partial charge in [-0.05, 0) is 6.92 Å². The van der Waals surface area contributed by atoms with Crippen molar-refractivity contribution in [2.45, 2.75) is 6.92 Å². The molecule has 1 aliphatic heterocycles. The second-order valence-electron chi connectivity index (χ2n) is 4.96. The average Bonchev–Trinajstić information content (AvgIpc) is 2.88. The highest BCUT2D eigenvalue weighted by atomic mass is 16.6.